The number of hydrogen-bond donors (Lipinski definition) is 0. The fraction of sp³-hybridized carbons (Fsp3) is 0.600. The zero-order valence-corrected chi connectivity index (χ0v) is 59.2. The zero-order valence-electron chi connectivity index (χ0n) is 58.2. The summed E-state index contributed by atoms with van der Waals surface area (Å²) in [6.45, 7) is 28.4. The SMILES string of the molecule is C.C.CCCOc1cc2c(cc1[N+](=O)[O-])C(=O)N(c1c(C(C)C)cccc1C(C)C)C2=O.COCCOCCOCCOCCOCCOCCOCCOCCOCCOCCOCCOCCOc1cc2c(cc1[N+](=O)[O-])C(=O)N(c1c(C(C)C)cccc1C(C)C)C2=O.[H-].[Na+]. The van der Waals surface area contributed by atoms with Crippen molar-refractivity contribution in [3.63, 3.8) is 0 Å². The smallest absolute Gasteiger partial charge is 1.00 e. The molecule has 4 amide bonds. The molecule has 97 heavy (non-hydrogen) atoms. The molecule has 2 aliphatic heterocycles. The molecule has 0 N–H and O–H groups in total. The van der Waals surface area contributed by atoms with Crippen molar-refractivity contribution < 1.29 is 126 Å². The van der Waals surface area contributed by atoms with Crippen LogP contribution in [-0.4, -0.2) is 206 Å². The first-order valence-corrected chi connectivity index (χ1v) is 32.1. The summed E-state index contributed by atoms with van der Waals surface area (Å²) >= 11 is 0. The molecule has 27 heteroatoms. The molecule has 0 radical (unpaired) electrons. The Kier molecular flexibility index (Phi) is 43.1. The maximum Gasteiger partial charge on any atom is 1.00 e. The molecule has 0 aliphatic carbocycles. The average molecular weight is 1380 g/mol. The van der Waals surface area contributed by atoms with Gasteiger partial charge in [-0.25, -0.2) is 9.80 Å². The fourth-order valence-electron chi connectivity index (χ4n) is 9.84. The van der Waals surface area contributed by atoms with Crippen LogP contribution in [0.2, 0.25) is 0 Å². The average Bonchev–Trinajstić information content (AvgIpc) is 1.59. The van der Waals surface area contributed by atoms with Crippen LogP contribution in [0.4, 0.5) is 22.7 Å². The van der Waals surface area contributed by atoms with E-state index in [9.17, 15) is 39.4 Å². The molecule has 2 heterocycles. The number of carbonyl (C=O) groups is 4. The van der Waals surface area contributed by atoms with Crippen molar-refractivity contribution in [2.24, 2.45) is 0 Å². The molecule has 0 bridgehead atoms. The van der Waals surface area contributed by atoms with Crippen LogP contribution in [-0.2, 0) is 56.8 Å². The summed E-state index contributed by atoms with van der Waals surface area (Å²) in [5, 5.41) is 23.5. The Morgan fingerprint density at radius 2 is 0.588 bits per heavy atom. The number of amides is 4. The summed E-state index contributed by atoms with van der Waals surface area (Å²) in [6.07, 6.45) is 0.659. The van der Waals surface area contributed by atoms with E-state index in [1.807, 2.05) is 98.7 Å². The molecule has 0 atom stereocenters. The van der Waals surface area contributed by atoms with E-state index in [2.05, 4.69) is 0 Å². The van der Waals surface area contributed by atoms with E-state index in [0.29, 0.717) is 157 Å². The first kappa shape index (κ1) is 87.2. The molecule has 0 aromatic heterocycles. The number of rotatable bonds is 48. The van der Waals surface area contributed by atoms with Gasteiger partial charge in [0.2, 0.25) is 0 Å². The minimum atomic E-state index is -0.628. The summed E-state index contributed by atoms with van der Waals surface area (Å²) in [4.78, 5) is 78.6. The van der Waals surface area contributed by atoms with Gasteiger partial charge >= 0.3 is 40.9 Å². The van der Waals surface area contributed by atoms with E-state index < -0.39 is 39.2 Å². The van der Waals surface area contributed by atoms with Crippen molar-refractivity contribution in [2.75, 3.05) is 182 Å². The minimum absolute atomic E-state index is 0. The molecule has 6 rings (SSSR count). The first-order chi connectivity index (χ1) is 45.4. The Balaban J connectivity index is 0.00000118. The Morgan fingerprint density at radius 1 is 0.371 bits per heavy atom. The maximum atomic E-state index is 13.7. The van der Waals surface area contributed by atoms with E-state index in [-0.39, 0.29) is 135 Å². The molecule has 0 fully saturated rings. The van der Waals surface area contributed by atoms with Crippen molar-refractivity contribution in [2.45, 2.75) is 107 Å². The number of nitrogens with zero attached hydrogens (tertiary/aromatic N) is 4. The van der Waals surface area contributed by atoms with Crippen molar-refractivity contribution in [1.82, 2.24) is 0 Å². The summed E-state index contributed by atoms with van der Waals surface area (Å²) < 4.78 is 76.3. The molecule has 0 unspecified atom stereocenters. The number of nitro groups is 2. The van der Waals surface area contributed by atoms with Gasteiger partial charge in [0.05, 0.1) is 202 Å². The molecular weight excluding hydrogens is 1270 g/mol. The topological polar surface area (TPSA) is 290 Å². The Labute approximate surface area is 595 Å². The van der Waals surface area contributed by atoms with Gasteiger partial charge in [-0.3, -0.25) is 39.4 Å². The van der Waals surface area contributed by atoms with Gasteiger partial charge < -0.3 is 67.7 Å². The summed E-state index contributed by atoms with van der Waals surface area (Å²) in [5.41, 5.74) is 4.02. The van der Waals surface area contributed by atoms with Gasteiger partial charge in [-0.1, -0.05) is 114 Å². The van der Waals surface area contributed by atoms with Gasteiger partial charge in [-0.15, -0.1) is 0 Å². The van der Waals surface area contributed by atoms with Crippen molar-refractivity contribution in [3.05, 3.63) is 125 Å². The van der Waals surface area contributed by atoms with E-state index in [1.54, 1.807) is 7.11 Å². The van der Waals surface area contributed by atoms with Crippen LogP contribution in [0.25, 0.3) is 0 Å². The van der Waals surface area contributed by atoms with E-state index in [0.717, 1.165) is 39.3 Å². The monoisotopic (exact) mass is 1380 g/mol. The van der Waals surface area contributed by atoms with Gasteiger partial charge in [0.15, 0.2) is 11.5 Å². The summed E-state index contributed by atoms with van der Waals surface area (Å²) in [7, 11) is 1.64. The van der Waals surface area contributed by atoms with Crippen LogP contribution in [0, 0.1) is 20.2 Å². The number of fused-ring (bicyclic) bond motifs is 2. The number of anilines is 2. The zero-order chi connectivity index (χ0) is 68.4. The van der Waals surface area contributed by atoms with Crippen LogP contribution >= 0.6 is 0 Å². The molecule has 4 aromatic carbocycles. The van der Waals surface area contributed by atoms with Crippen LogP contribution < -0.4 is 48.8 Å². The quantitative estimate of drug-likeness (QED) is 0.0131. The van der Waals surface area contributed by atoms with E-state index in [4.69, 9.17) is 66.3 Å². The van der Waals surface area contributed by atoms with Crippen LogP contribution in [0.5, 0.6) is 11.5 Å². The van der Waals surface area contributed by atoms with Crippen molar-refractivity contribution >= 4 is 46.4 Å². The second kappa shape index (κ2) is 48.0. The molecule has 0 saturated heterocycles. The maximum absolute atomic E-state index is 13.7. The molecule has 4 aromatic rings. The normalized spacial score (nSPS) is 12.5. The van der Waals surface area contributed by atoms with Crippen LogP contribution in [0.1, 0.15) is 172 Å². The van der Waals surface area contributed by atoms with Crippen LogP contribution in [0.15, 0.2) is 60.7 Å². The van der Waals surface area contributed by atoms with Crippen molar-refractivity contribution in [1.29, 1.82) is 0 Å². The Morgan fingerprint density at radius 3 is 0.804 bits per heavy atom. The van der Waals surface area contributed by atoms with Gasteiger partial charge in [-0.05, 0) is 52.3 Å². The third kappa shape index (κ3) is 27.3. The molecule has 0 saturated carbocycles. The number of para-hydroxylation sites is 2. The van der Waals surface area contributed by atoms with Crippen LogP contribution in [0.3, 0.4) is 0 Å². The van der Waals surface area contributed by atoms with Gasteiger partial charge in [-0.2, -0.15) is 0 Å². The number of hydrogen-bond acceptors (Lipinski definition) is 22. The first-order valence-electron chi connectivity index (χ1n) is 32.1. The van der Waals surface area contributed by atoms with E-state index >= 15 is 0 Å². The Hall–Kier alpha value is -5.92. The van der Waals surface area contributed by atoms with Gasteiger partial charge in [0.1, 0.15) is 6.61 Å². The molecule has 538 valence electrons. The number of ether oxygens (including phenoxy) is 14. The third-order valence-corrected chi connectivity index (χ3v) is 14.6. The number of methoxy groups -OCH3 is 1. The second-order valence-electron chi connectivity index (χ2n) is 22.8. The number of carbonyl (C=O) groups excluding carboxylic acids is 4. The number of benzene rings is 4. The standard InChI is InChI=1S/C45H70N2O17.C23H26N2O5.2CH4.Na.H/c1-35(2)37-7-6-8-38(36(3)4)43(37)46-44(48)39-33-41(47(50)51)42(34-40(39)45(46)49)64-32-31-63-30-29-62-28-27-61-26-25-60-24-23-59-22-21-58-20-19-57-18-17-56-16-15-55-14-13-54-12-11-53-10-9-52-5;1-6-10-30-20-12-18-17(11-19(20)25(28)29)22(26)24(23(18)27)21-15(13(2)3)8-7-9-16(21)14(4)5;;;;/h6-8,33-36H,9-32H2,1-5H3;7-9,11-14H,6,10H2,1-5H3;2*1H4;;/q;;;;+1;-1. The van der Waals surface area contributed by atoms with Gasteiger partial charge in [0.25, 0.3) is 23.6 Å². The largest absolute Gasteiger partial charge is 1.00 e. The summed E-state index contributed by atoms with van der Waals surface area (Å²) in [5.74, 6) is -2.06. The molecular formula is C70H105N4NaO22. The third-order valence-electron chi connectivity index (χ3n) is 14.6. The fourth-order valence-corrected chi connectivity index (χ4v) is 9.84. The number of imide groups is 2. The predicted molar refractivity (Wildman–Crippen MR) is 364 cm³/mol. The van der Waals surface area contributed by atoms with Gasteiger partial charge in [0, 0.05) is 31.4 Å². The predicted octanol–water partition coefficient (Wildman–Crippen LogP) is 8.67. The van der Waals surface area contributed by atoms with E-state index in [1.165, 1.54) is 17.0 Å². The second-order valence-corrected chi connectivity index (χ2v) is 22.8. The number of nitro benzene ring substituents is 2. The Bertz CT molecular complexity index is 2990. The minimum Gasteiger partial charge on any atom is -1.00 e. The van der Waals surface area contributed by atoms with Crippen molar-refractivity contribution in [3.8, 4) is 11.5 Å². The molecule has 26 nitrogen and oxygen atoms in total. The molecule has 0 spiro atoms. The summed E-state index contributed by atoms with van der Waals surface area (Å²) in [6, 6.07) is 16.3. The molecule has 2 aliphatic rings.